The third kappa shape index (κ3) is 7.07. The third-order valence-electron chi connectivity index (χ3n) is 6.24. The van der Waals surface area contributed by atoms with Crippen molar-refractivity contribution in [1.29, 1.82) is 0 Å². The fraction of sp³-hybridized carbons (Fsp3) is 0.286. The molecule has 38 heavy (non-hydrogen) atoms. The van der Waals surface area contributed by atoms with E-state index in [1.165, 1.54) is 29.2 Å². The fourth-order valence-electron chi connectivity index (χ4n) is 3.83. The maximum Gasteiger partial charge on any atom is 0.264 e. The Hall–Kier alpha value is -3.07. The van der Waals surface area contributed by atoms with Gasteiger partial charge in [0.15, 0.2) is 0 Å². The molecule has 3 aromatic rings. The first-order valence-corrected chi connectivity index (χ1v) is 14.3. The van der Waals surface area contributed by atoms with Gasteiger partial charge in [0.1, 0.15) is 12.6 Å². The van der Waals surface area contributed by atoms with E-state index >= 15 is 0 Å². The second kappa shape index (κ2) is 12.7. The van der Waals surface area contributed by atoms with E-state index in [9.17, 15) is 18.0 Å². The Morgan fingerprint density at radius 1 is 0.895 bits per heavy atom. The van der Waals surface area contributed by atoms with Gasteiger partial charge >= 0.3 is 0 Å². The van der Waals surface area contributed by atoms with Crippen LogP contribution in [0.1, 0.15) is 30.5 Å². The molecule has 0 heterocycles. The van der Waals surface area contributed by atoms with E-state index < -0.39 is 28.5 Å². The van der Waals surface area contributed by atoms with Crippen molar-refractivity contribution in [3.63, 3.8) is 0 Å². The molecule has 3 aromatic carbocycles. The summed E-state index contributed by atoms with van der Waals surface area (Å²) in [5.41, 5.74) is 2.95. The molecule has 202 valence electrons. The number of nitrogens with zero attached hydrogens (tertiary/aromatic N) is 2. The summed E-state index contributed by atoms with van der Waals surface area (Å²) in [6.45, 7) is 7.18. The van der Waals surface area contributed by atoms with Gasteiger partial charge in [0.25, 0.3) is 10.0 Å². The molecule has 10 heteroatoms. The molecule has 0 radical (unpaired) electrons. The van der Waals surface area contributed by atoms with Gasteiger partial charge in [-0.15, -0.1) is 0 Å². The molecule has 7 nitrogen and oxygen atoms in total. The molecule has 0 fully saturated rings. The van der Waals surface area contributed by atoms with E-state index in [2.05, 4.69) is 5.32 Å². The SMILES string of the molecule is CCNC(=O)C(C)N(Cc1ccc(Cl)cc1)C(=O)CN(c1ccc(C)c(C)c1)S(=O)(=O)c1ccc(Cl)cc1. The van der Waals surface area contributed by atoms with E-state index in [0.29, 0.717) is 22.3 Å². The molecular formula is C28H31Cl2N3O4S. The number of likely N-dealkylation sites (N-methyl/N-ethyl adjacent to an activating group) is 1. The molecular weight excluding hydrogens is 545 g/mol. The summed E-state index contributed by atoms with van der Waals surface area (Å²) < 4.78 is 28.7. The highest BCUT2D eigenvalue weighted by Gasteiger charge is 2.32. The molecule has 0 bridgehead atoms. The van der Waals surface area contributed by atoms with Crippen LogP contribution in [0.3, 0.4) is 0 Å². The molecule has 1 N–H and O–H groups in total. The predicted octanol–water partition coefficient (Wildman–Crippen LogP) is 5.36. The molecule has 0 aliphatic heterocycles. The first-order valence-electron chi connectivity index (χ1n) is 12.1. The van der Waals surface area contributed by atoms with Gasteiger partial charge in [-0.05, 0) is 92.9 Å². The van der Waals surface area contributed by atoms with Gasteiger partial charge in [-0.25, -0.2) is 8.42 Å². The number of rotatable bonds is 10. The van der Waals surface area contributed by atoms with Crippen LogP contribution in [-0.2, 0) is 26.2 Å². The zero-order valence-electron chi connectivity index (χ0n) is 21.7. The maximum atomic E-state index is 13.8. The number of amides is 2. The number of carbonyl (C=O) groups is 2. The Kier molecular flexibility index (Phi) is 9.82. The van der Waals surface area contributed by atoms with Crippen LogP contribution in [0.15, 0.2) is 71.6 Å². The lowest BCUT2D eigenvalue weighted by Gasteiger charge is -2.32. The van der Waals surface area contributed by atoms with Gasteiger partial charge in [-0.3, -0.25) is 13.9 Å². The number of nitrogens with one attached hydrogen (secondary N) is 1. The van der Waals surface area contributed by atoms with Gasteiger partial charge < -0.3 is 10.2 Å². The number of benzene rings is 3. The quantitative estimate of drug-likeness (QED) is 0.352. The van der Waals surface area contributed by atoms with Crippen molar-refractivity contribution >= 4 is 50.7 Å². The number of carbonyl (C=O) groups excluding carboxylic acids is 2. The van der Waals surface area contributed by atoms with E-state index in [0.717, 1.165) is 21.0 Å². The van der Waals surface area contributed by atoms with Gasteiger partial charge in [-0.2, -0.15) is 0 Å². The highest BCUT2D eigenvalue weighted by Crippen LogP contribution is 2.27. The number of hydrogen-bond donors (Lipinski definition) is 1. The largest absolute Gasteiger partial charge is 0.355 e. The average molecular weight is 577 g/mol. The topological polar surface area (TPSA) is 86.8 Å². The minimum Gasteiger partial charge on any atom is -0.355 e. The van der Waals surface area contributed by atoms with Crippen molar-refractivity contribution in [2.45, 2.75) is 45.2 Å². The highest BCUT2D eigenvalue weighted by atomic mass is 35.5. The van der Waals surface area contributed by atoms with Crippen molar-refractivity contribution in [2.75, 3.05) is 17.4 Å². The van der Waals surface area contributed by atoms with Crippen molar-refractivity contribution in [3.8, 4) is 0 Å². The van der Waals surface area contributed by atoms with Crippen LogP contribution in [-0.4, -0.2) is 44.3 Å². The monoisotopic (exact) mass is 575 g/mol. The molecule has 0 saturated heterocycles. The first kappa shape index (κ1) is 29.5. The molecule has 0 saturated carbocycles. The minimum atomic E-state index is -4.15. The Bertz CT molecular complexity index is 1390. The van der Waals surface area contributed by atoms with Crippen molar-refractivity contribution in [2.24, 2.45) is 0 Å². The number of anilines is 1. The van der Waals surface area contributed by atoms with Crippen LogP contribution in [0.5, 0.6) is 0 Å². The fourth-order valence-corrected chi connectivity index (χ4v) is 5.49. The lowest BCUT2D eigenvalue weighted by atomic mass is 10.1. The molecule has 0 aliphatic carbocycles. The number of halogens is 2. The second-order valence-corrected chi connectivity index (χ2v) is 11.7. The van der Waals surface area contributed by atoms with E-state index in [1.54, 1.807) is 50.2 Å². The summed E-state index contributed by atoms with van der Waals surface area (Å²) in [5, 5.41) is 3.67. The lowest BCUT2D eigenvalue weighted by molar-refractivity contribution is -0.139. The van der Waals surface area contributed by atoms with Crippen molar-refractivity contribution < 1.29 is 18.0 Å². The molecule has 0 aliphatic rings. The summed E-state index contributed by atoms with van der Waals surface area (Å²) in [6.07, 6.45) is 0. The first-order chi connectivity index (χ1) is 17.9. The average Bonchev–Trinajstić information content (AvgIpc) is 2.88. The zero-order chi connectivity index (χ0) is 28.0. The van der Waals surface area contributed by atoms with Crippen LogP contribution in [0.25, 0.3) is 0 Å². The Balaban J connectivity index is 2.05. The smallest absolute Gasteiger partial charge is 0.264 e. The standard InChI is InChI=1S/C28H31Cl2N3O4S/c1-5-31-28(35)21(4)32(17-22-7-9-23(29)10-8-22)27(34)18-33(25-13-6-19(2)20(3)16-25)38(36,37)26-14-11-24(30)12-15-26/h6-16,21H,5,17-18H2,1-4H3,(H,31,35). The second-order valence-electron chi connectivity index (χ2n) is 8.95. The van der Waals surface area contributed by atoms with Gasteiger partial charge in [0.2, 0.25) is 11.8 Å². The Morgan fingerprint density at radius 3 is 2.03 bits per heavy atom. The van der Waals surface area contributed by atoms with Crippen LogP contribution in [0.4, 0.5) is 5.69 Å². The molecule has 0 spiro atoms. The summed E-state index contributed by atoms with van der Waals surface area (Å²) in [7, 11) is -4.15. The van der Waals surface area contributed by atoms with Gasteiger partial charge in [0, 0.05) is 23.1 Å². The Morgan fingerprint density at radius 2 is 1.47 bits per heavy atom. The normalized spacial score (nSPS) is 12.1. The van der Waals surface area contributed by atoms with Crippen LogP contribution < -0.4 is 9.62 Å². The van der Waals surface area contributed by atoms with E-state index in [-0.39, 0.29) is 17.3 Å². The third-order valence-corrected chi connectivity index (χ3v) is 8.54. The van der Waals surface area contributed by atoms with E-state index in [1.807, 2.05) is 19.9 Å². The minimum absolute atomic E-state index is 0.00560. The van der Waals surface area contributed by atoms with Crippen LogP contribution >= 0.6 is 23.2 Å². The van der Waals surface area contributed by atoms with Crippen molar-refractivity contribution in [1.82, 2.24) is 10.2 Å². The zero-order valence-corrected chi connectivity index (χ0v) is 24.1. The van der Waals surface area contributed by atoms with Gasteiger partial charge in [-0.1, -0.05) is 41.4 Å². The summed E-state index contributed by atoms with van der Waals surface area (Å²) in [6, 6.07) is 17.0. The Labute approximate surface area is 234 Å². The van der Waals surface area contributed by atoms with Crippen LogP contribution in [0.2, 0.25) is 10.0 Å². The predicted molar refractivity (Wildman–Crippen MR) is 152 cm³/mol. The highest BCUT2D eigenvalue weighted by molar-refractivity contribution is 7.92. The van der Waals surface area contributed by atoms with E-state index in [4.69, 9.17) is 23.2 Å². The summed E-state index contributed by atoms with van der Waals surface area (Å²) in [5.74, 6) is -0.873. The summed E-state index contributed by atoms with van der Waals surface area (Å²) >= 11 is 12.0. The number of sulfonamides is 1. The molecule has 1 atom stereocenters. The lowest BCUT2D eigenvalue weighted by Crippen LogP contribution is -2.51. The maximum absolute atomic E-state index is 13.8. The van der Waals surface area contributed by atoms with Gasteiger partial charge in [0.05, 0.1) is 10.6 Å². The molecule has 3 rings (SSSR count). The van der Waals surface area contributed by atoms with Crippen LogP contribution in [0, 0.1) is 13.8 Å². The molecule has 1 unspecified atom stereocenters. The number of aryl methyl sites for hydroxylation is 2. The molecule has 0 aromatic heterocycles. The van der Waals surface area contributed by atoms with Crippen molar-refractivity contribution in [3.05, 3.63) is 93.5 Å². The number of hydrogen-bond acceptors (Lipinski definition) is 4. The summed E-state index contributed by atoms with van der Waals surface area (Å²) in [4.78, 5) is 27.9. The molecule has 2 amide bonds.